The highest BCUT2D eigenvalue weighted by atomic mass is 16.7. The van der Waals surface area contributed by atoms with Gasteiger partial charge >= 0.3 is 5.97 Å². The fourth-order valence-corrected chi connectivity index (χ4v) is 1.92. The number of ether oxygens (including phenoxy) is 1. The number of esters is 1. The molecule has 2 rings (SSSR count). The Kier molecular flexibility index (Phi) is 5.09. The molecule has 0 radical (unpaired) electrons. The molecule has 112 valence electrons. The zero-order chi connectivity index (χ0) is 15.2. The highest BCUT2D eigenvalue weighted by molar-refractivity contribution is 6.46. The maximum atomic E-state index is 12.2. The molecule has 1 aliphatic rings. The summed E-state index contributed by atoms with van der Waals surface area (Å²) in [6.45, 7) is 4.34. The predicted molar refractivity (Wildman–Crippen MR) is 78.3 cm³/mol. The number of oxime groups is 1. The van der Waals surface area contributed by atoms with Gasteiger partial charge in [0.15, 0.2) is 0 Å². The van der Waals surface area contributed by atoms with E-state index in [9.17, 15) is 9.59 Å². The summed E-state index contributed by atoms with van der Waals surface area (Å²) in [6.07, 6.45) is 1.13. The molecule has 0 bridgehead atoms. The van der Waals surface area contributed by atoms with Crippen molar-refractivity contribution in [1.29, 1.82) is 0 Å². The van der Waals surface area contributed by atoms with E-state index in [-0.39, 0.29) is 17.9 Å². The van der Waals surface area contributed by atoms with E-state index >= 15 is 0 Å². The van der Waals surface area contributed by atoms with Crippen LogP contribution in [0, 0.1) is 6.92 Å². The first kappa shape index (κ1) is 15.2. The zero-order valence-corrected chi connectivity index (χ0v) is 12.3. The summed E-state index contributed by atoms with van der Waals surface area (Å²) in [5.74, 6) is -0.669. The van der Waals surface area contributed by atoms with Crippen molar-refractivity contribution in [3.05, 3.63) is 35.4 Å². The van der Waals surface area contributed by atoms with Crippen LogP contribution in [0.5, 0.6) is 0 Å². The van der Waals surface area contributed by atoms with Crippen LogP contribution >= 0.6 is 0 Å². The van der Waals surface area contributed by atoms with E-state index in [4.69, 9.17) is 9.57 Å². The number of carbonyl (C=O) groups excluding carboxylic acids is 2. The molecule has 0 N–H and O–H groups in total. The van der Waals surface area contributed by atoms with Crippen molar-refractivity contribution in [3.63, 3.8) is 0 Å². The fraction of sp³-hybridized carbons (Fsp3) is 0.438. The molecule has 0 aromatic heterocycles. The molecule has 0 saturated heterocycles. The largest absolute Gasteiger partial charge is 0.463 e. The van der Waals surface area contributed by atoms with E-state index in [1.165, 1.54) is 0 Å². The first-order valence-electron chi connectivity index (χ1n) is 7.12. The summed E-state index contributed by atoms with van der Waals surface area (Å²) in [5, 5.41) is 3.73. The van der Waals surface area contributed by atoms with Crippen molar-refractivity contribution >= 4 is 17.5 Å². The number of rotatable bonds is 6. The number of unbranched alkanes of at least 4 members (excludes halogenated alkanes) is 1. The Hall–Kier alpha value is -2.17. The maximum Gasteiger partial charge on any atom is 0.350 e. The minimum Gasteiger partial charge on any atom is -0.463 e. The number of carbonyl (C=O) groups is 2. The summed E-state index contributed by atoms with van der Waals surface area (Å²) in [7, 11) is 0. The number of ketones is 1. The van der Waals surface area contributed by atoms with Crippen LogP contribution in [-0.4, -0.2) is 30.2 Å². The third kappa shape index (κ3) is 3.90. The van der Waals surface area contributed by atoms with Crippen LogP contribution in [0.3, 0.4) is 0 Å². The van der Waals surface area contributed by atoms with Crippen molar-refractivity contribution in [3.8, 4) is 0 Å². The molecule has 0 spiro atoms. The standard InChI is InChI=1S/C16H19NO4/c1-3-4-9-20-16(19)14-10-13(17-21-14)15(18)12-7-5-11(2)6-8-12/h5-8,14H,3-4,9-10H2,1-2H3. The van der Waals surface area contributed by atoms with Gasteiger partial charge in [0.1, 0.15) is 5.71 Å². The Morgan fingerprint density at radius 1 is 1.33 bits per heavy atom. The summed E-state index contributed by atoms with van der Waals surface area (Å²) in [6, 6.07) is 7.21. The van der Waals surface area contributed by atoms with Crippen LogP contribution in [0.2, 0.25) is 0 Å². The van der Waals surface area contributed by atoms with Crippen LogP contribution in [0.4, 0.5) is 0 Å². The van der Waals surface area contributed by atoms with Gasteiger partial charge in [-0.15, -0.1) is 0 Å². The van der Waals surface area contributed by atoms with Crippen molar-refractivity contribution < 1.29 is 19.2 Å². The van der Waals surface area contributed by atoms with E-state index in [1.807, 2.05) is 26.0 Å². The van der Waals surface area contributed by atoms with Gasteiger partial charge in [-0.05, 0) is 13.3 Å². The number of aryl methyl sites for hydroxylation is 1. The second-order valence-corrected chi connectivity index (χ2v) is 5.05. The molecule has 0 saturated carbocycles. The van der Waals surface area contributed by atoms with E-state index in [0.717, 1.165) is 18.4 Å². The number of nitrogens with zero attached hydrogens (tertiary/aromatic N) is 1. The lowest BCUT2D eigenvalue weighted by Gasteiger charge is -2.07. The monoisotopic (exact) mass is 289 g/mol. The van der Waals surface area contributed by atoms with Gasteiger partial charge in [-0.2, -0.15) is 0 Å². The second kappa shape index (κ2) is 7.02. The van der Waals surface area contributed by atoms with Crippen LogP contribution in [0.15, 0.2) is 29.4 Å². The second-order valence-electron chi connectivity index (χ2n) is 5.05. The SMILES string of the molecule is CCCCOC(=O)C1CC(C(=O)c2ccc(C)cc2)=NO1. The summed E-state index contributed by atoms with van der Waals surface area (Å²) < 4.78 is 5.07. The molecule has 0 aliphatic carbocycles. The summed E-state index contributed by atoms with van der Waals surface area (Å²) in [5.41, 5.74) is 1.88. The number of benzene rings is 1. The normalized spacial score (nSPS) is 17.0. The molecule has 1 aliphatic heterocycles. The van der Waals surface area contributed by atoms with Crippen LogP contribution in [0.25, 0.3) is 0 Å². The highest BCUT2D eigenvalue weighted by Crippen LogP contribution is 2.16. The Morgan fingerprint density at radius 2 is 2.05 bits per heavy atom. The van der Waals surface area contributed by atoms with Crippen LogP contribution in [0.1, 0.15) is 42.1 Å². The minimum absolute atomic E-state index is 0.164. The van der Waals surface area contributed by atoms with E-state index < -0.39 is 12.1 Å². The van der Waals surface area contributed by atoms with Crippen LogP contribution < -0.4 is 0 Å². The maximum absolute atomic E-state index is 12.2. The highest BCUT2D eigenvalue weighted by Gasteiger charge is 2.33. The summed E-state index contributed by atoms with van der Waals surface area (Å²) >= 11 is 0. The lowest BCUT2D eigenvalue weighted by atomic mass is 10.0. The molecular weight excluding hydrogens is 270 g/mol. The Bertz CT molecular complexity index is 548. The fourth-order valence-electron chi connectivity index (χ4n) is 1.92. The van der Waals surface area contributed by atoms with Crippen LogP contribution in [-0.2, 0) is 14.4 Å². The molecule has 1 unspecified atom stereocenters. The summed E-state index contributed by atoms with van der Waals surface area (Å²) in [4.78, 5) is 29.0. The molecule has 1 heterocycles. The number of hydrogen-bond donors (Lipinski definition) is 0. The lowest BCUT2D eigenvalue weighted by molar-refractivity contribution is -0.155. The van der Waals surface area contributed by atoms with Gasteiger partial charge < -0.3 is 9.57 Å². The Labute approximate surface area is 123 Å². The zero-order valence-electron chi connectivity index (χ0n) is 12.3. The van der Waals surface area contributed by atoms with Gasteiger partial charge in [-0.25, -0.2) is 4.79 Å². The molecule has 0 fully saturated rings. The molecular formula is C16H19NO4. The van der Waals surface area contributed by atoms with E-state index in [0.29, 0.717) is 12.2 Å². The average Bonchev–Trinajstić information content (AvgIpc) is 2.97. The molecule has 5 heteroatoms. The van der Waals surface area contributed by atoms with Crippen molar-refractivity contribution in [2.75, 3.05) is 6.61 Å². The molecule has 1 aromatic rings. The first-order chi connectivity index (χ1) is 10.1. The average molecular weight is 289 g/mol. The Morgan fingerprint density at radius 3 is 2.71 bits per heavy atom. The van der Waals surface area contributed by atoms with Gasteiger partial charge in [0.05, 0.1) is 6.61 Å². The third-order valence-electron chi connectivity index (χ3n) is 3.25. The predicted octanol–water partition coefficient (Wildman–Crippen LogP) is 2.67. The van der Waals surface area contributed by atoms with Crippen molar-refractivity contribution in [2.45, 2.75) is 39.2 Å². The van der Waals surface area contributed by atoms with Gasteiger partial charge in [0.2, 0.25) is 11.9 Å². The molecule has 21 heavy (non-hydrogen) atoms. The molecule has 1 atom stereocenters. The molecule has 0 amide bonds. The van der Waals surface area contributed by atoms with Gasteiger partial charge in [0, 0.05) is 12.0 Å². The quantitative estimate of drug-likeness (QED) is 0.459. The van der Waals surface area contributed by atoms with Gasteiger partial charge in [0.25, 0.3) is 0 Å². The topological polar surface area (TPSA) is 65.0 Å². The van der Waals surface area contributed by atoms with E-state index in [1.54, 1.807) is 12.1 Å². The van der Waals surface area contributed by atoms with Crippen molar-refractivity contribution in [1.82, 2.24) is 0 Å². The van der Waals surface area contributed by atoms with Gasteiger partial charge in [-0.1, -0.05) is 48.3 Å². The Balaban J connectivity index is 1.91. The van der Waals surface area contributed by atoms with Crippen molar-refractivity contribution in [2.24, 2.45) is 5.16 Å². The smallest absolute Gasteiger partial charge is 0.350 e. The third-order valence-corrected chi connectivity index (χ3v) is 3.25. The van der Waals surface area contributed by atoms with E-state index in [2.05, 4.69) is 5.16 Å². The lowest BCUT2D eigenvalue weighted by Crippen LogP contribution is -2.25. The van der Waals surface area contributed by atoms with Gasteiger partial charge in [-0.3, -0.25) is 4.79 Å². The number of hydrogen-bond acceptors (Lipinski definition) is 5. The molecule has 5 nitrogen and oxygen atoms in total. The number of Topliss-reactive ketones (excluding diaryl/α,β-unsaturated/α-hetero) is 1. The minimum atomic E-state index is -0.800. The first-order valence-corrected chi connectivity index (χ1v) is 7.12. The molecule has 1 aromatic carbocycles.